The number of thiophene rings is 1. The summed E-state index contributed by atoms with van der Waals surface area (Å²) in [6, 6.07) is 2.43. The van der Waals surface area contributed by atoms with E-state index in [0.29, 0.717) is 16.9 Å². The van der Waals surface area contributed by atoms with Crippen molar-refractivity contribution < 1.29 is 13.2 Å². The van der Waals surface area contributed by atoms with E-state index < -0.39 is 10.0 Å². The fourth-order valence-corrected chi connectivity index (χ4v) is 4.94. The second-order valence-corrected chi connectivity index (χ2v) is 8.65. The summed E-state index contributed by atoms with van der Waals surface area (Å²) >= 11 is 1.29. The molecule has 0 spiro atoms. The summed E-state index contributed by atoms with van der Waals surface area (Å²) in [4.78, 5) is 0. The van der Waals surface area contributed by atoms with E-state index in [4.69, 9.17) is 4.74 Å². The monoisotopic (exact) mass is 330 g/mol. The fourth-order valence-electron chi connectivity index (χ4n) is 2.45. The molecule has 7 heteroatoms. The SMILES string of the molecule is CCOC1CC(NS(=O)(=O)c2cc(CNC3CC3)cs2)C1. The summed E-state index contributed by atoms with van der Waals surface area (Å²) in [5, 5.41) is 5.32. The molecule has 1 aromatic heterocycles. The van der Waals surface area contributed by atoms with E-state index in [0.717, 1.165) is 24.9 Å². The molecular formula is C14H22N2O3S2. The minimum atomic E-state index is -3.38. The van der Waals surface area contributed by atoms with Gasteiger partial charge in [-0.25, -0.2) is 13.1 Å². The number of nitrogens with one attached hydrogen (secondary N) is 2. The van der Waals surface area contributed by atoms with Crippen LogP contribution >= 0.6 is 11.3 Å². The van der Waals surface area contributed by atoms with Gasteiger partial charge in [0.1, 0.15) is 4.21 Å². The molecule has 0 saturated heterocycles. The third-order valence-electron chi connectivity index (χ3n) is 3.89. The Bertz CT molecular complexity index is 575. The highest BCUT2D eigenvalue weighted by atomic mass is 32.2. The molecule has 0 radical (unpaired) electrons. The maximum Gasteiger partial charge on any atom is 0.250 e. The third kappa shape index (κ3) is 4.04. The van der Waals surface area contributed by atoms with Crippen LogP contribution in [0.25, 0.3) is 0 Å². The van der Waals surface area contributed by atoms with Gasteiger partial charge in [-0.2, -0.15) is 0 Å². The van der Waals surface area contributed by atoms with Gasteiger partial charge >= 0.3 is 0 Å². The van der Waals surface area contributed by atoms with Crippen molar-refractivity contribution in [3.8, 4) is 0 Å². The molecule has 3 rings (SSSR count). The molecule has 2 aliphatic rings. The summed E-state index contributed by atoms with van der Waals surface area (Å²) in [5.41, 5.74) is 1.05. The zero-order valence-corrected chi connectivity index (χ0v) is 13.8. The van der Waals surface area contributed by atoms with Crippen molar-refractivity contribution in [2.75, 3.05) is 6.61 Å². The van der Waals surface area contributed by atoms with Gasteiger partial charge in [0.25, 0.3) is 0 Å². The molecule has 0 atom stereocenters. The van der Waals surface area contributed by atoms with Crippen LogP contribution < -0.4 is 10.0 Å². The number of hydrogen-bond acceptors (Lipinski definition) is 5. The number of hydrogen-bond donors (Lipinski definition) is 2. The first-order chi connectivity index (χ1) is 10.1. The molecule has 21 heavy (non-hydrogen) atoms. The minimum Gasteiger partial charge on any atom is -0.378 e. The van der Waals surface area contributed by atoms with Gasteiger partial charge in [0.05, 0.1) is 6.10 Å². The second-order valence-electron chi connectivity index (χ2n) is 5.80. The van der Waals surface area contributed by atoms with Crippen LogP contribution in [0.5, 0.6) is 0 Å². The normalized spacial score (nSPS) is 25.8. The zero-order chi connectivity index (χ0) is 14.9. The van der Waals surface area contributed by atoms with Crippen LogP contribution in [0.2, 0.25) is 0 Å². The van der Waals surface area contributed by atoms with Gasteiger partial charge in [0, 0.05) is 25.2 Å². The van der Waals surface area contributed by atoms with E-state index in [1.807, 2.05) is 12.3 Å². The Morgan fingerprint density at radius 2 is 2.10 bits per heavy atom. The van der Waals surface area contributed by atoms with Crippen LogP contribution in [0.3, 0.4) is 0 Å². The average molecular weight is 330 g/mol. The van der Waals surface area contributed by atoms with Crippen molar-refractivity contribution in [3.63, 3.8) is 0 Å². The van der Waals surface area contributed by atoms with Crippen LogP contribution in [0.1, 0.15) is 38.2 Å². The van der Waals surface area contributed by atoms with E-state index in [9.17, 15) is 8.42 Å². The topological polar surface area (TPSA) is 67.4 Å². The zero-order valence-electron chi connectivity index (χ0n) is 12.2. The maximum absolute atomic E-state index is 12.3. The molecule has 1 aromatic rings. The van der Waals surface area contributed by atoms with Crippen molar-refractivity contribution in [2.45, 2.75) is 61.5 Å². The Balaban J connectivity index is 1.52. The predicted molar refractivity (Wildman–Crippen MR) is 82.9 cm³/mol. The Kier molecular flexibility index (Phi) is 4.66. The largest absolute Gasteiger partial charge is 0.378 e. The highest BCUT2D eigenvalue weighted by Gasteiger charge is 2.33. The molecule has 0 aliphatic heterocycles. The Hall–Kier alpha value is -0.470. The van der Waals surface area contributed by atoms with E-state index >= 15 is 0 Å². The van der Waals surface area contributed by atoms with Crippen LogP contribution in [0.4, 0.5) is 0 Å². The fraction of sp³-hybridized carbons (Fsp3) is 0.714. The van der Waals surface area contributed by atoms with E-state index in [2.05, 4.69) is 10.0 Å². The third-order valence-corrected chi connectivity index (χ3v) is 6.89. The lowest BCUT2D eigenvalue weighted by molar-refractivity contribution is -0.00474. The van der Waals surface area contributed by atoms with Gasteiger partial charge in [-0.1, -0.05) is 0 Å². The summed E-state index contributed by atoms with van der Waals surface area (Å²) in [7, 11) is -3.38. The Labute approximate surface area is 130 Å². The number of ether oxygens (including phenoxy) is 1. The van der Waals surface area contributed by atoms with Crippen LogP contribution in [0, 0.1) is 0 Å². The number of sulfonamides is 1. The lowest BCUT2D eigenvalue weighted by Crippen LogP contribution is -2.47. The molecule has 0 unspecified atom stereocenters. The van der Waals surface area contributed by atoms with Crippen molar-refractivity contribution in [3.05, 3.63) is 17.0 Å². The van der Waals surface area contributed by atoms with E-state index in [1.165, 1.54) is 24.2 Å². The lowest BCUT2D eigenvalue weighted by Gasteiger charge is -2.34. The van der Waals surface area contributed by atoms with Crippen molar-refractivity contribution in [1.82, 2.24) is 10.0 Å². The second kappa shape index (κ2) is 6.34. The summed E-state index contributed by atoms with van der Waals surface area (Å²) in [6.07, 6.45) is 4.23. The van der Waals surface area contributed by atoms with Gasteiger partial charge < -0.3 is 10.1 Å². The van der Waals surface area contributed by atoms with Gasteiger partial charge in [0.2, 0.25) is 10.0 Å². The Morgan fingerprint density at radius 3 is 2.76 bits per heavy atom. The highest BCUT2D eigenvalue weighted by Crippen LogP contribution is 2.27. The molecule has 1 heterocycles. The van der Waals surface area contributed by atoms with Crippen molar-refractivity contribution in [1.29, 1.82) is 0 Å². The minimum absolute atomic E-state index is 0.0155. The molecule has 2 fully saturated rings. The first-order valence-corrected chi connectivity index (χ1v) is 9.88. The standard InChI is InChI=1S/C14H22N2O3S2/c1-2-19-13-6-12(7-13)16-21(17,18)14-5-10(9-20-14)8-15-11-3-4-11/h5,9,11-13,15-16H,2-4,6-8H2,1H3. The first kappa shape index (κ1) is 15.4. The van der Waals surface area contributed by atoms with Gasteiger partial charge in [-0.15, -0.1) is 11.3 Å². The van der Waals surface area contributed by atoms with Crippen LogP contribution in [-0.4, -0.2) is 33.2 Å². The van der Waals surface area contributed by atoms with Gasteiger partial charge in [-0.05, 0) is 49.6 Å². The molecule has 2 saturated carbocycles. The van der Waals surface area contributed by atoms with E-state index in [-0.39, 0.29) is 12.1 Å². The quantitative estimate of drug-likeness (QED) is 0.763. The molecule has 5 nitrogen and oxygen atoms in total. The average Bonchev–Trinajstić information content (AvgIpc) is 3.10. The molecule has 0 bridgehead atoms. The first-order valence-electron chi connectivity index (χ1n) is 7.51. The number of rotatable bonds is 8. The molecule has 0 amide bonds. The van der Waals surface area contributed by atoms with Gasteiger partial charge in [-0.3, -0.25) is 0 Å². The van der Waals surface area contributed by atoms with Crippen molar-refractivity contribution >= 4 is 21.4 Å². The summed E-state index contributed by atoms with van der Waals surface area (Å²) in [6.45, 7) is 3.40. The summed E-state index contributed by atoms with van der Waals surface area (Å²) < 4.78 is 33.2. The summed E-state index contributed by atoms with van der Waals surface area (Å²) in [5.74, 6) is 0. The smallest absolute Gasteiger partial charge is 0.250 e. The molecule has 118 valence electrons. The van der Waals surface area contributed by atoms with Crippen LogP contribution in [0.15, 0.2) is 15.7 Å². The van der Waals surface area contributed by atoms with Crippen molar-refractivity contribution in [2.24, 2.45) is 0 Å². The van der Waals surface area contributed by atoms with Gasteiger partial charge in [0.15, 0.2) is 0 Å². The predicted octanol–water partition coefficient (Wildman–Crippen LogP) is 1.85. The Morgan fingerprint density at radius 1 is 1.33 bits per heavy atom. The van der Waals surface area contributed by atoms with Crippen LogP contribution in [-0.2, 0) is 21.3 Å². The maximum atomic E-state index is 12.3. The molecular weight excluding hydrogens is 308 g/mol. The highest BCUT2D eigenvalue weighted by molar-refractivity contribution is 7.91. The molecule has 2 N–H and O–H groups in total. The lowest BCUT2D eigenvalue weighted by atomic mass is 9.90. The molecule has 0 aromatic carbocycles. The van der Waals surface area contributed by atoms with E-state index in [1.54, 1.807) is 6.07 Å². The molecule has 2 aliphatic carbocycles.